The first-order valence-corrected chi connectivity index (χ1v) is 6.12. The highest BCUT2D eigenvalue weighted by Gasteiger charge is 2.18. The van der Waals surface area contributed by atoms with E-state index in [9.17, 15) is 0 Å². The van der Waals surface area contributed by atoms with Crippen molar-refractivity contribution in [3.05, 3.63) is 0 Å². The maximum atomic E-state index is 7.62. The Labute approximate surface area is 102 Å². The van der Waals surface area contributed by atoms with Crippen molar-refractivity contribution in [2.45, 2.75) is 0 Å². The third kappa shape index (κ3) is 3.00. The number of hydrogen-bond donors (Lipinski definition) is 4. The average molecular weight is 239 g/mol. The summed E-state index contributed by atoms with van der Waals surface area (Å²) in [5.74, 6) is 1.47. The summed E-state index contributed by atoms with van der Waals surface area (Å²) in [5.41, 5.74) is 5.55. The molecule has 0 aromatic carbocycles. The standard InChI is InChI=1S/C10H21N7/c11-1-5-17-8-4-15-10(17)14-3-7-16-6-2-13-9(16)12/h1-8,11H2,(H2,12,13)(H,14,15). The van der Waals surface area contributed by atoms with E-state index in [1.165, 1.54) is 0 Å². The number of rotatable bonds is 5. The van der Waals surface area contributed by atoms with Crippen LogP contribution in [0.4, 0.5) is 0 Å². The number of nitrogens with one attached hydrogen (secondary N) is 3. The van der Waals surface area contributed by atoms with E-state index in [1.54, 1.807) is 0 Å². The zero-order chi connectivity index (χ0) is 12.1. The third-order valence-corrected chi connectivity index (χ3v) is 2.99. The quantitative estimate of drug-likeness (QED) is 0.447. The Hall–Kier alpha value is -1.50. The van der Waals surface area contributed by atoms with Gasteiger partial charge in [-0.2, -0.15) is 0 Å². The highest BCUT2D eigenvalue weighted by Crippen LogP contribution is 1.98. The highest BCUT2D eigenvalue weighted by molar-refractivity contribution is 5.82. The van der Waals surface area contributed by atoms with Crippen LogP contribution in [0.5, 0.6) is 0 Å². The fourth-order valence-corrected chi connectivity index (χ4v) is 2.08. The smallest absolute Gasteiger partial charge is 0.194 e. The lowest BCUT2D eigenvalue weighted by molar-refractivity contribution is 0.457. The molecule has 2 heterocycles. The molecule has 0 spiro atoms. The summed E-state index contributed by atoms with van der Waals surface area (Å²) in [5, 5.41) is 13.9. The number of nitrogens with zero attached hydrogens (tertiary/aromatic N) is 3. The topological polar surface area (TPSA) is 92.8 Å². The highest BCUT2D eigenvalue weighted by atomic mass is 15.4. The van der Waals surface area contributed by atoms with E-state index >= 15 is 0 Å². The molecule has 0 unspecified atom stereocenters. The Kier molecular flexibility index (Phi) is 4.03. The van der Waals surface area contributed by atoms with Gasteiger partial charge in [-0.25, -0.2) is 0 Å². The lowest BCUT2D eigenvalue weighted by Gasteiger charge is -2.18. The van der Waals surface area contributed by atoms with Gasteiger partial charge in [0.25, 0.3) is 0 Å². The van der Waals surface area contributed by atoms with Crippen LogP contribution in [-0.4, -0.2) is 74.1 Å². The summed E-state index contributed by atoms with van der Waals surface area (Å²) in [7, 11) is 0. The fourth-order valence-electron chi connectivity index (χ4n) is 2.08. The van der Waals surface area contributed by atoms with Crippen LogP contribution in [0.2, 0.25) is 0 Å². The van der Waals surface area contributed by atoms with Gasteiger partial charge in [0.15, 0.2) is 11.9 Å². The summed E-state index contributed by atoms with van der Waals surface area (Å²) in [6.45, 7) is 6.73. The lowest BCUT2D eigenvalue weighted by Crippen LogP contribution is -2.35. The van der Waals surface area contributed by atoms with Gasteiger partial charge in [-0.05, 0) is 0 Å². The zero-order valence-corrected chi connectivity index (χ0v) is 10.1. The van der Waals surface area contributed by atoms with E-state index in [1.807, 2.05) is 4.90 Å². The molecule has 5 N–H and O–H groups in total. The van der Waals surface area contributed by atoms with Crippen molar-refractivity contribution < 1.29 is 0 Å². The maximum Gasteiger partial charge on any atom is 0.194 e. The van der Waals surface area contributed by atoms with Crippen LogP contribution in [0.1, 0.15) is 0 Å². The maximum absolute atomic E-state index is 7.62. The van der Waals surface area contributed by atoms with Crippen molar-refractivity contribution in [1.29, 1.82) is 5.41 Å². The minimum atomic E-state index is 0.517. The molecule has 0 atom stereocenters. The number of hydrogen-bond acceptors (Lipinski definition) is 3. The van der Waals surface area contributed by atoms with E-state index in [4.69, 9.17) is 11.1 Å². The fraction of sp³-hybridized carbons (Fsp3) is 0.800. The van der Waals surface area contributed by atoms with Gasteiger partial charge in [-0.1, -0.05) is 0 Å². The van der Waals surface area contributed by atoms with Crippen LogP contribution in [-0.2, 0) is 0 Å². The summed E-state index contributed by atoms with van der Waals surface area (Å²) in [4.78, 5) is 8.71. The van der Waals surface area contributed by atoms with Crippen molar-refractivity contribution in [1.82, 2.24) is 20.4 Å². The van der Waals surface area contributed by atoms with Gasteiger partial charge in [0.05, 0.1) is 6.54 Å². The molecule has 0 radical (unpaired) electrons. The molecule has 0 bridgehead atoms. The molecular formula is C10H21N7. The molecule has 2 aliphatic heterocycles. The van der Waals surface area contributed by atoms with E-state index in [0.29, 0.717) is 19.0 Å². The Morgan fingerprint density at radius 2 is 1.94 bits per heavy atom. The molecule has 0 aromatic rings. The van der Waals surface area contributed by atoms with E-state index in [2.05, 4.69) is 20.5 Å². The van der Waals surface area contributed by atoms with Crippen LogP contribution in [0, 0.1) is 5.41 Å². The number of aliphatic imine (C=N–C) groups is 1. The summed E-state index contributed by atoms with van der Waals surface area (Å²) >= 11 is 0. The molecular weight excluding hydrogens is 218 g/mol. The van der Waals surface area contributed by atoms with Crippen LogP contribution in [0.25, 0.3) is 0 Å². The van der Waals surface area contributed by atoms with E-state index < -0.39 is 0 Å². The summed E-state index contributed by atoms with van der Waals surface area (Å²) in [6.07, 6.45) is 0. The monoisotopic (exact) mass is 239 g/mol. The molecule has 2 saturated heterocycles. The first kappa shape index (κ1) is 12.0. The van der Waals surface area contributed by atoms with Crippen molar-refractivity contribution >= 4 is 11.9 Å². The second-order valence-corrected chi connectivity index (χ2v) is 4.17. The van der Waals surface area contributed by atoms with Crippen LogP contribution in [0.15, 0.2) is 4.99 Å². The molecule has 2 fully saturated rings. The first-order chi connectivity index (χ1) is 8.31. The van der Waals surface area contributed by atoms with Gasteiger partial charge in [-0.3, -0.25) is 10.4 Å². The lowest BCUT2D eigenvalue weighted by atomic mass is 10.5. The SMILES string of the molecule is N=C1NCCN1CC/N=C1\NCCN1CCN. The average Bonchev–Trinajstić information content (AvgIpc) is 2.90. The van der Waals surface area contributed by atoms with E-state index in [0.717, 1.165) is 45.2 Å². The molecule has 2 rings (SSSR count). The predicted octanol–water partition coefficient (Wildman–Crippen LogP) is -1.95. The molecule has 0 saturated carbocycles. The van der Waals surface area contributed by atoms with Gasteiger partial charge >= 0.3 is 0 Å². The molecule has 2 aliphatic rings. The van der Waals surface area contributed by atoms with Crippen LogP contribution < -0.4 is 16.4 Å². The normalized spacial score (nSPS) is 22.2. The molecule has 96 valence electrons. The minimum absolute atomic E-state index is 0.517. The van der Waals surface area contributed by atoms with Crippen molar-refractivity contribution in [3.63, 3.8) is 0 Å². The molecule has 7 nitrogen and oxygen atoms in total. The van der Waals surface area contributed by atoms with E-state index in [-0.39, 0.29) is 0 Å². The second-order valence-electron chi connectivity index (χ2n) is 4.17. The predicted molar refractivity (Wildman–Crippen MR) is 68.2 cm³/mol. The molecule has 0 aromatic heterocycles. The van der Waals surface area contributed by atoms with Gasteiger partial charge < -0.3 is 26.2 Å². The molecule has 0 aliphatic carbocycles. The largest absolute Gasteiger partial charge is 0.355 e. The Balaban J connectivity index is 1.77. The number of guanidine groups is 2. The van der Waals surface area contributed by atoms with Gasteiger partial charge in [0.2, 0.25) is 0 Å². The van der Waals surface area contributed by atoms with Gasteiger partial charge in [-0.15, -0.1) is 0 Å². The number of nitrogens with two attached hydrogens (primary N) is 1. The molecule has 0 amide bonds. The van der Waals surface area contributed by atoms with Crippen LogP contribution in [0.3, 0.4) is 0 Å². The Bertz CT molecular complexity index is 301. The first-order valence-electron chi connectivity index (χ1n) is 6.12. The molecule has 7 heteroatoms. The third-order valence-electron chi connectivity index (χ3n) is 2.99. The van der Waals surface area contributed by atoms with Crippen molar-refractivity contribution in [2.24, 2.45) is 10.7 Å². The Morgan fingerprint density at radius 3 is 2.65 bits per heavy atom. The summed E-state index contributed by atoms with van der Waals surface area (Å²) in [6, 6.07) is 0. The van der Waals surface area contributed by atoms with Crippen LogP contribution >= 0.6 is 0 Å². The zero-order valence-electron chi connectivity index (χ0n) is 10.1. The van der Waals surface area contributed by atoms with Crippen molar-refractivity contribution in [2.75, 3.05) is 52.4 Å². The summed E-state index contributed by atoms with van der Waals surface area (Å²) < 4.78 is 0. The molecule has 17 heavy (non-hydrogen) atoms. The van der Waals surface area contributed by atoms with Crippen molar-refractivity contribution in [3.8, 4) is 0 Å². The van der Waals surface area contributed by atoms with Gasteiger partial charge in [0, 0.05) is 45.8 Å². The van der Waals surface area contributed by atoms with Gasteiger partial charge in [0.1, 0.15) is 0 Å². The second kappa shape index (κ2) is 5.72. The minimum Gasteiger partial charge on any atom is -0.355 e. The Morgan fingerprint density at radius 1 is 1.18 bits per heavy atom.